The molecular formula is C17H17NOS. The Kier molecular flexibility index (Phi) is 3.88. The maximum atomic E-state index is 5.52. The van der Waals surface area contributed by atoms with E-state index in [1.54, 1.807) is 11.3 Å². The Hall–Kier alpha value is -2.00. The topological polar surface area (TPSA) is 21.3 Å². The molecule has 0 saturated heterocycles. The van der Waals surface area contributed by atoms with Crippen LogP contribution < -0.4 is 10.1 Å². The normalized spacial score (nSPS) is 10.7. The van der Waals surface area contributed by atoms with Gasteiger partial charge in [-0.2, -0.15) is 0 Å². The highest BCUT2D eigenvalue weighted by molar-refractivity contribution is 7.17. The van der Waals surface area contributed by atoms with E-state index >= 15 is 0 Å². The van der Waals surface area contributed by atoms with Crippen molar-refractivity contribution in [3.8, 4) is 5.75 Å². The van der Waals surface area contributed by atoms with Crippen LogP contribution in [0, 0.1) is 0 Å². The zero-order chi connectivity index (χ0) is 13.8. The zero-order valence-corrected chi connectivity index (χ0v) is 12.2. The summed E-state index contributed by atoms with van der Waals surface area (Å²) in [4.78, 5) is 0. The standard InChI is InChI=1S/C17H17NOS/c1-2-19-16-5-3-4-13(10-16)12-18-15-6-7-17-14(11-15)8-9-20-17/h3-11,18H,2,12H2,1H3. The molecule has 0 fully saturated rings. The van der Waals surface area contributed by atoms with Gasteiger partial charge in [0.25, 0.3) is 0 Å². The second kappa shape index (κ2) is 5.97. The first-order valence-electron chi connectivity index (χ1n) is 6.78. The molecule has 0 amide bonds. The molecule has 2 nitrogen and oxygen atoms in total. The monoisotopic (exact) mass is 283 g/mol. The minimum Gasteiger partial charge on any atom is -0.494 e. The fourth-order valence-corrected chi connectivity index (χ4v) is 2.96. The Morgan fingerprint density at radius 1 is 1.10 bits per heavy atom. The third-order valence-corrected chi connectivity index (χ3v) is 4.06. The first kappa shape index (κ1) is 13.0. The molecule has 0 aliphatic rings. The lowest BCUT2D eigenvalue weighted by molar-refractivity contribution is 0.340. The summed E-state index contributed by atoms with van der Waals surface area (Å²) in [5.41, 5.74) is 2.37. The van der Waals surface area contributed by atoms with Gasteiger partial charge < -0.3 is 10.1 Å². The first-order valence-corrected chi connectivity index (χ1v) is 7.66. The molecule has 1 aromatic heterocycles. The molecule has 1 N–H and O–H groups in total. The predicted molar refractivity (Wildman–Crippen MR) is 86.8 cm³/mol. The molecule has 0 saturated carbocycles. The lowest BCUT2D eigenvalue weighted by atomic mass is 10.2. The number of rotatable bonds is 5. The van der Waals surface area contributed by atoms with Crippen molar-refractivity contribution >= 4 is 27.1 Å². The van der Waals surface area contributed by atoms with E-state index in [1.807, 2.05) is 19.1 Å². The van der Waals surface area contributed by atoms with Gasteiger partial charge in [0, 0.05) is 16.9 Å². The molecule has 0 radical (unpaired) electrons. The molecule has 0 bridgehead atoms. The van der Waals surface area contributed by atoms with E-state index in [1.165, 1.54) is 15.6 Å². The second-order valence-corrected chi connectivity index (χ2v) is 5.55. The van der Waals surface area contributed by atoms with Crippen LogP contribution in [0.25, 0.3) is 10.1 Å². The Balaban J connectivity index is 1.70. The number of hydrogen-bond donors (Lipinski definition) is 1. The Labute approximate surface area is 123 Å². The zero-order valence-electron chi connectivity index (χ0n) is 11.4. The molecule has 2 aromatic carbocycles. The van der Waals surface area contributed by atoms with Crippen LogP contribution in [0.1, 0.15) is 12.5 Å². The third kappa shape index (κ3) is 2.94. The SMILES string of the molecule is CCOc1cccc(CNc2ccc3sccc3c2)c1. The van der Waals surface area contributed by atoms with Gasteiger partial charge >= 0.3 is 0 Å². The molecular weight excluding hydrogens is 266 g/mol. The molecule has 20 heavy (non-hydrogen) atoms. The number of thiophene rings is 1. The Morgan fingerprint density at radius 3 is 2.95 bits per heavy atom. The van der Waals surface area contributed by atoms with Crippen LogP contribution >= 0.6 is 11.3 Å². The molecule has 0 aliphatic carbocycles. The second-order valence-electron chi connectivity index (χ2n) is 4.61. The van der Waals surface area contributed by atoms with Gasteiger partial charge in [-0.25, -0.2) is 0 Å². The summed E-state index contributed by atoms with van der Waals surface area (Å²) in [5, 5.41) is 6.88. The van der Waals surface area contributed by atoms with E-state index in [2.05, 4.69) is 47.1 Å². The van der Waals surface area contributed by atoms with Crippen LogP contribution in [-0.4, -0.2) is 6.61 Å². The maximum Gasteiger partial charge on any atom is 0.119 e. The quantitative estimate of drug-likeness (QED) is 0.718. The van der Waals surface area contributed by atoms with Gasteiger partial charge in [-0.05, 0) is 59.7 Å². The van der Waals surface area contributed by atoms with Crippen molar-refractivity contribution in [1.29, 1.82) is 0 Å². The number of ether oxygens (including phenoxy) is 1. The summed E-state index contributed by atoms with van der Waals surface area (Å²) in [6.07, 6.45) is 0. The van der Waals surface area contributed by atoms with Crippen molar-refractivity contribution in [2.75, 3.05) is 11.9 Å². The summed E-state index contributed by atoms with van der Waals surface area (Å²) in [6.45, 7) is 3.50. The van der Waals surface area contributed by atoms with Crippen molar-refractivity contribution in [2.24, 2.45) is 0 Å². The largest absolute Gasteiger partial charge is 0.494 e. The summed E-state index contributed by atoms with van der Waals surface area (Å²) >= 11 is 1.77. The summed E-state index contributed by atoms with van der Waals surface area (Å²) in [7, 11) is 0. The minimum atomic E-state index is 0.700. The number of benzene rings is 2. The van der Waals surface area contributed by atoms with Gasteiger partial charge in [0.05, 0.1) is 6.61 Å². The van der Waals surface area contributed by atoms with Gasteiger partial charge in [0.15, 0.2) is 0 Å². The summed E-state index contributed by atoms with van der Waals surface area (Å²) < 4.78 is 6.85. The smallest absolute Gasteiger partial charge is 0.119 e. The molecule has 3 aromatic rings. The Morgan fingerprint density at radius 2 is 2.05 bits per heavy atom. The fraction of sp³-hybridized carbons (Fsp3) is 0.176. The van der Waals surface area contributed by atoms with Crippen LogP contribution in [0.4, 0.5) is 5.69 Å². The van der Waals surface area contributed by atoms with Crippen molar-refractivity contribution in [1.82, 2.24) is 0 Å². The van der Waals surface area contributed by atoms with Crippen LogP contribution in [0.3, 0.4) is 0 Å². The molecule has 3 heteroatoms. The molecule has 0 atom stereocenters. The van der Waals surface area contributed by atoms with Crippen LogP contribution in [0.5, 0.6) is 5.75 Å². The minimum absolute atomic E-state index is 0.700. The van der Waals surface area contributed by atoms with Crippen molar-refractivity contribution in [3.05, 3.63) is 59.5 Å². The van der Waals surface area contributed by atoms with Crippen molar-refractivity contribution in [3.63, 3.8) is 0 Å². The highest BCUT2D eigenvalue weighted by Gasteiger charge is 1.99. The number of anilines is 1. The third-order valence-electron chi connectivity index (χ3n) is 3.16. The lowest BCUT2D eigenvalue weighted by Crippen LogP contribution is -2.00. The Bertz CT molecular complexity index is 705. The predicted octanol–water partition coefficient (Wildman–Crippen LogP) is 4.91. The lowest BCUT2D eigenvalue weighted by Gasteiger charge is -2.09. The highest BCUT2D eigenvalue weighted by atomic mass is 32.1. The van der Waals surface area contributed by atoms with E-state index in [-0.39, 0.29) is 0 Å². The molecule has 3 rings (SSSR count). The number of fused-ring (bicyclic) bond motifs is 1. The van der Waals surface area contributed by atoms with Crippen molar-refractivity contribution in [2.45, 2.75) is 13.5 Å². The fourth-order valence-electron chi connectivity index (χ4n) is 2.19. The molecule has 102 valence electrons. The van der Waals surface area contributed by atoms with E-state index in [0.29, 0.717) is 6.61 Å². The van der Waals surface area contributed by atoms with Gasteiger partial charge in [-0.1, -0.05) is 12.1 Å². The van der Waals surface area contributed by atoms with Gasteiger partial charge in [0.1, 0.15) is 5.75 Å². The van der Waals surface area contributed by atoms with Gasteiger partial charge in [-0.15, -0.1) is 11.3 Å². The number of nitrogens with one attached hydrogen (secondary N) is 1. The van der Waals surface area contributed by atoms with Crippen LogP contribution in [-0.2, 0) is 6.54 Å². The van der Waals surface area contributed by atoms with E-state index in [4.69, 9.17) is 4.74 Å². The van der Waals surface area contributed by atoms with Gasteiger partial charge in [-0.3, -0.25) is 0 Å². The van der Waals surface area contributed by atoms with Gasteiger partial charge in [0.2, 0.25) is 0 Å². The van der Waals surface area contributed by atoms with E-state index < -0.39 is 0 Å². The maximum absolute atomic E-state index is 5.52. The molecule has 0 unspecified atom stereocenters. The van der Waals surface area contributed by atoms with E-state index in [9.17, 15) is 0 Å². The first-order chi connectivity index (χ1) is 9.85. The summed E-state index contributed by atoms with van der Waals surface area (Å²) in [6, 6.07) is 16.9. The molecule has 1 heterocycles. The molecule has 0 aliphatic heterocycles. The highest BCUT2D eigenvalue weighted by Crippen LogP contribution is 2.24. The summed E-state index contributed by atoms with van der Waals surface area (Å²) in [5.74, 6) is 0.931. The van der Waals surface area contributed by atoms with Crippen LogP contribution in [0.15, 0.2) is 53.9 Å². The van der Waals surface area contributed by atoms with Crippen LogP contribution in [0.2, 0.25) is 0 Å². The average molecular weight is 283 g/mol. The average Bonchev–Trinajstić information content (AvgIpc) is 2.93. The van der Waals surface area contributed by atoms with E-state index in [0.717, 1.165) is 18.0 Å². The van der Waals surface area contributed by atoms with Crippen molar-refractivity contribution < 1.29 is 4.74 Å². The number of hydrogen-bond acceptors (Lipinski definition) is 3. The molecule has 0 spiro atoms.